The van der Waals surface area contributed by atoms with Crippen LogP contribution in [0.1, 0.15) is 13.3 Å². The lowest BCUT2D eigenvalue weighted by atomic mass is 10.1. The smallest absolute Gasteiger partial charge is 0.230 e. The van der Waals surface area contributed by atoms with Crippen LogP contribution in [0.4, 0.5) is 5.69 Å². The largest absolute Gasteiger partial charge is 0.355 e. The van der Waals surface area contributed by atoms with E-state index in [1.54, 1.807) is 0 Å². The third-order valence-corrected chi connectivity index (χ3v) is 5.40. The molecule has 0 saturated carbocycles. The molecule has 3 unspecified atom stereocenters. The van der Waals surface area contributed by atoms with Crippen molar-refractivity contribution >= 4 is 40.9 Å². The van der Waals surface area contributed by atoms with Gasteiger partial charge in [0.1, 0.15) is 11.7 Å². The normalized spacial score (nSPS) is 25.4. The third-order valence-electron chi connectivity index (χ3n) is 4.13. The predicted molar refractivity (Wildman–Crippen MR) is 100 cm³/mol. The summed E-state index contributed by atoms with van der Waals surface area (Å²) in [5.74, 6) is 0.0636. The van der Waals surface area contributed by atoms with Crippen molar-refractivity contribution in [2.75, 3.05) is 23.9 Å². The van der Waals surface area contributed by atoms with E-state index in [0.717, 1.165) is 12.1 Å². The fourth-order valence-electron chi connectivity index (χ4n) is 2.86. The summed E-state index contributed by atoms with van der Waals surface area (Å²) in [6.07, 6.45) is 0.728. The van der Waals surface area contributed by atoms with Gasteiger partial charge in [-0.25, -0.2) is 5.43 Å². The van der Waals surface area contributed by atoms with Crippen molar-refractivity contribution < 1.29 is 9.59 Å². The van der Waals surface area contributed by atoms with Gasteiger partial charge in [0, 0.05) is 18.1 Å². The monoisotopic (exact) mass is 383 g/mol. The maximum Gasteiger partial charge on any atom is 0.230 e. The van der Waals surface area contributed by atoms with Gasteiger partial charge >= 0.3 is 0 Å². The van der Waals surface area contributed by atoms with Crippen LogP contribution in [0, 0.1) is 5.92 Å². The number of carbonyl (C=O) groups excluding carboxylic acids is 2. The van der Waals surface area contributed by atoms with E-state index in [4.69, 9.17) is 11.6 Å². The molecule has 0 spiro atoms. The van der Waals surface area contributed by atoms with E-state index >= 15 is 0 Å². The highest BCUT2D eigenvalue weighted by molar-refractivity contribution is 8.00. The molecule has 2 aliphatic rings. The van der Waals surface area contributed by atoms with Crippen LogP contribution in [0.15, 0.2) is 24.3 Å². The maximum atomic E-state index is 12.4. The second-order valence-electron chi connectivity index (χ2n) is 5.98. The molecule has 3 atom stereocenters. The summed E-state index contributed by atoms with van der Waals surface area (Å²) in [6.45, 7) is 3.23. The standard InChI is InChI=1S/C16H22ClN5O2S/c1-2-7-18-13(23)9-25-16-20-14-12(15(24)21-16)8-19-22(14)11-5-3-10(17)4-6-11/h3-6,12,14,16,19-20H,2,7-9H2,1H3,(H,18,23)(H,21,24). The first kappa shape index (κ1) is 18.3. The number of fused-ring (bicyclic) bond motifs is 1. The van der Waals surface area contributed by atoms with Gasteiger partial charge in [-0.2, -0.15) is 0 Å². The Labute approximate surface area is 156 Å². The van der Waals surface area contributed by atoms with Gasteiger partial charge in [0.2, 0.25) is 11.8 Å². The number of rotatable bonds is 6. The molecule has 3 rings (SSSR count). The first-order chi connectivity index (χ1) is 12.1. The molecule has 1 aromatic rings. The minimum atomic E-state index is -0.309. The molecule has 25 heavy (non-hydrogen) atoms. The molecule has 2 saturated heterocycles. The van der Waals surface area contributed by atoms with Crippen LogP contribution in [0.2, 0.25) is 5.02 Å². The van der Waals surface area contributed by atoms with E-state index in [1.165, 1.54) is 11.8 Å². The number of hydrogen-bond donors (Lipinski definition) is 4. The number of benzene rings is 1. The Morgan fingerprint density at radius 3 is 2.88 bits per heavy atom. The van der Waals surface area contributed by atoms with Crippen LogP contribution in [0.3, 0.4) is 0 Å². The summed E-state index contributed by atoms with van der Waals surface area (Å²) in [5.41, 5.74) is 3.88. The van der Waals surface area contributed by atoms with Crippen molar-refractivity contribution in [1.82, 2.24) is 21.4 Å². The lowest BCUT2D eigenvalue weighted by Crippen LogP contribution is -2.63. The van der Waals surface area contributed by atoms with E-state index in [9.17, 15) is 9.59 Å². The van der Waals surface area contributed by atoms with Crippen LogP contribution in [0.25, 0.3) is 0 Å². The Morgan fingerprint density at radius 1 is 1.40 bits per heavy atom. The number of amides is 2. The fourth-order valence-corrected chi connectivity index (χ4v) is 3.85. The van der Waals surface area contributed by atoms with Gasteiger partial charge in [-0.05, 0) is 30.7 Å². The molecule has 2 heterocycles. The summed E-state index contributed by atoms with van der Waals surface area (Å²) in [5, 5.41) is 11.8. The maximum absolute atomic E-state index is 12.4. The average molecular weight is 384 g/mol. The molecular formula is C16H22ClN5O2S. The molecule has 0 radical (unpaired) electrons. The lowest BCUT2D eigenvalue weighted by molar-refractivity contribution is -0.127. The summed E-state index contributed by atoms with van der Waals surface area (Å²) in [6, 6.07) is 7.46. The van der Waals surface area contributed by atoms with Crippen molar-refractivity contribution in [3.8, 4) is 0 Å². The molecule has 0 aliphatic carbocycles. The summed E-state index contributed by atoms with van der Waals surface area (Å²) >= 11 is 7.33. The van der Waals surface area contributed by atoms with Gasteiger partial charge in [0.15, 0.2) is 0 Å². The topological polar surface area (TPSA) is 85.5 Å². The van der Waals surface area contributed by atoms with E-state index < -0.39 is 0 Å². The quantitative estimate of drug-likeness (QED) is 0.583. The van der Waals surface area contributed by atoms with Gasteiger partial charge in [-0.1, -0.05) is 18.5 Å². The first-order valence-electron chi connectivity index (χ1n) is 8.31. The van der Waals surface area contributed by atoms with Crippen LogP contribution >= 0.6 is 23.4 Å². The highest BCUT2D eigenvalue weighted by atomic mass is 35.5. The minimum Gasteiger partial charge on any atom is -0.355 e. The number of carbonyl (C=O) groups is 2. The Bertz CT molecular complexity index is 629. The third kappa shape index (κ3) is 4.38. The second kappa shape index (κ2) is 8.27. The number of hydrogen-bond acceptors (Lipinski definition) is 6. The SMILES string of the molecule is CCCNC(=O)CSC1NC(=O)C2CNN(c3ccc(Cl)cc3)C2N1. The van der Waals surface area contributed by atoms with E-state index in [2.05, 4.69) is 21.4 Å². The van der Waals surface area contributed by atoms with Crippen LogP contribution < -0.4 is 26.4 Å². The molecule has 0 bridgehead atoms. The molecule has 9 heteroatoms. The number of nitrogens with zero attached hydrogens (tertiary/aromatic N) is 1. The number of nitrogens with one attached hydrogen (secondary N) is 4. The van der Waals surface area contributed by atoms with Crippen LogP contribution in [0.5, 0.6) is 0 Å². The molecule has 7 nitrogen and oxygen atoms in total. The van der Waals surface area contributed by atoms with Crippen molar-refractivity contribution in [2.45, 2.75) is 25.0 Å². The average Bonchev–Trinajstić information content (AvgIpc) is 3.03. The van der Waals surface area contributed by atoms with E-state index in [-0.39, 0.29) is 29.4 Å². The zero-order valence-electron chi connectivity index (χ0n) is 13.9. The summed E-state index contributed by atoms with van der Waals surface area (Å²) in [4.78, 5) is 24.1. The van der Waals surface area contributed by atoms with Crippen molar-refractivity contribution in [1.29, 1.82) is 0 Å². The lowest BCUT2D eigenvalue weighted by Gasteiger charge is -2.37. The van der Waals surface area contributed by atoms with Crippen LogP contribution in [-0.2, 0) is 9.59 Å². The van der Waals surface area contributed by atoms with Crippen molar-refractivity contribution in [2.24, 2.45) is 5.92 Å². The number of halogens is 1. The molecule has 1 aromatic carbocycles. The van der Waals surface area contributed by atoms with Crippen LogP contribution in [-0.4, -0.2) is 42.3 Å². The summed E-state index contributed by atoms with van der Waals surface area (Å²) < 4.78 is 0. The summed E-state index contributed by atoms with van der Waals surface area (Å²) in [7, 11) is 0. The van der Waals surface area contributed by atoms with Gasteiger partial charge in [-0.15, -0.1) is 11.8 Å². The molecular weight excluding hydrogens is 362 g/mol. The molecule has 136 valence electrons. The number of hydrazine groups is 1. The first-order valence-corrected chi connectivity index (χ1v) is 9.74. The molecule has 2 fully saturated rings. The van der Waals surface area contributed by atoms with E-state index in [0.29, 0.717) is 23.9 Å². The zero-order valence-corrected chi connectivity index (χ0v) is 15.5. The number of thioether (sulfide) groups is 1. The second-order valence-corrected chi connectivity index (χ2v) is 7.51. The fraction of sp³-hybridized carbons (Fsp3) is 0.500. The minimum absolute atomic E-state index is 0.0146. The van der Waals surface area contributed by atoms with E-state index in [1.807, 2.05) is 36.2 Å². The highest BCUT2D eigenvalue weighted by Crippen LogP contribution is 2.27. The number of anilines is 1. The van der Waals surface area contributed by atoms with Crippen molar-refractivity contribution in [3.63, 3.8) is 0 Å². The van der Waals surface area contributed by atoms with Gasteiger partial charge in [-0.3, -0.25) is 19.9 Å². The Kier molecular flexibility index (Phi) is 6.06. The van der Waals surface area contributed by atoms with Crippen molar-refractivity contribution in [3.05, 3.63) is 29.3 Å². The zero-order chi connectivity index (χ0) is 17.8. The highest BCUT2D eigenvalue weighted by Gasteiger charge is 2.44. The predicted octanol–water partition coefficient (Wildman–Crippen LogP) is 0.869. The van der Waals surface area contributed by atoms with Gasteiger partial charge < -0.3 is 10.6 Å². The Morgan fingerprint density at radius 2 is 2.16 bits per heavy atom. The van der Waals surface area contributed by atoms with Gasteiger partial charge in [0.25, 0.3) is 0 Å². The Balaban J connectivity index is 1.62. The molecule has 2 aliphatic heterocycles. The Hall–Kier alpha value is -1.48. The van der Waals surface area contributed by atoms with Gasteiger partial charge in [0.05, 0.1) is 17.4 Å². The molecule has 4 N–H and O–H groups in total. The molecule has 2 amide bonds. The molecule has 0 aromatic heterocycles.